The first-order valence-electron chi connectivity index (χ1n) is 8.72. The average Bonchev–Trinajstić information content (AvgIpc) is 3.28. The van der Waals surface area contributed by atoms with Crippen molar-refractivity contribution in [2.75, 3.05) is 23.3 Å². The molecule has 0 bridgehead atoms. The lowest BCUT2D eigenvalue weighted by molar-refractivity contribution is -0.120. The summed E-state index contributed by atoms with van der Waals surface area (Å²) >= 11 is 2.97. The summed E-state index contributed by atoms with van der Waals surface area (Å²) in [4.78, 5) is 34.8. The van der Waals surface area contributed by atoms with Crippen LogP contribution in [-0.2, 0) is 16.0 Å². The number of thiazole rings is 2. The molecule has 1 aliphatic rings. The molecule has 140 valence electrons. The molecule has 7 nitrogen and oxygen atoms in total. The highest BCUT2D eigenvalue weighted by atomic mass is 32.1. The molecule has 2 aromatic heterocycles. The minimum absolute atomic E-state index is 0.0409. The number of benzene rings is 1. The van der Waals surface area contributed by atoms with Crippen molar-refractivity contribution in [1.29, 1.82) is 0 Å². The third-order valence-electron chi connectivity index (χ3n) is 4.48. The predicted molar refractivity (Wildman–Crippen MR) is 108 cm³/mol. The molecule has 3 heterocycles. The van der Waals surface area contributed by atoms with Gasteiger partial charge in [-0.15, -0.1) is 11.3 Å². The first-order chi connectivity index (χ1) is 13.1. The summed E-state index contributed by atoms with van der Waals surface area (Å²) in [5, 5.41) is 6.09. The fraction of sp³-hybridized carbons (Fsp3) is 0.333. The number of carbonyl (C=O) groups excluding carboxylic acids is 2. The van der Waals surface area contributed by atoms with Gasteiger partial charge < -0.3 is 16.0 Å². The van der Waals surface area contributed by atoms with E-state index < -0.39 is 5.91 Å². The Kier molecular flexibility index (Phi) is 5.04. The Morgan fingerprint density at radius 2 is 2.15 bits per heavy atom. The standard InChI is InChI=1S/C18H19N5O2S2/c19-15(24)8-12-10-26-17(20-12)22-16(25)11-4-3-7-23(9-11)18-21-13-5-1-2-6-14(13)27-18/h1-2,5-6,10-11H,3-4,7-9H2,(H2,19,24)(H,20,22,25). The van der Waals surface area contributed by atoms with Crippen LogP contribution in [0, 0.1) is 5.92 Å². The quantitative estimate of drug-likeness (QED) is 0.684. The first kappa shape index (κ1) is 17.9. The van der Waals surface area contributed by atoms with E-state index in [4.69, 9.17) is 10.7 Å². The van der Waals surface area contributed by atoms with Crippen molar-refractivity contribution >= 4 is 55.0 Å². The van der Waals surface area contributed by atoms with E-state index >= 15 is 0 Å². The largest absolute Gasteiger partial charge is 0.369 e. The van der Waals surface area contributed by atoms with Crippen molar-refractivity contribution in [2.45, 2.75) is 19.3 Å². The van der Waals surface area contributed by atoms with Gasteiger partial charge in [0.25, 0.3) is 0 Å². The number of anilines is 2. The molecule has 1 saturated heterocycles. The maximum absolute atomic E-state index is 12.7. The van der Waals surface area contributed by atoms with Gasteiger partial charge in [-0.3, -0.25) is 9.59 Å². The van der Waals surface area contributed by atoms with E-state index in [0.717, 1.165) is 34.7 Å². The van der Waals surface area contributed by atoms with Crippen LogP contribution in [0.4, 0.5) is 10.3 Å². The number of nitrogens with zero attached hydrogens (tertiary/aromatic N) is 3. The Morgan fingerprint density at radius 1 is 1.30 bits per heavy atom. The summed E-state index contributed by atoms with van der Waals surface area (Å²) in [6.45, 7) is 1.55. The van der Waals surface area contributed by atoms with E-state index in [1.54, 1.807) is 16.7 Å². The van der Waals surface area contributed by atoms with Crippen LogP contribution in [0.15, 0.2) is 29.6 Å². The van der Waals surface area contributed by atoms with Crippen molar-refractivity contribution in [3.05, 3.63) is 35.3 Å². The second-order valence-corrected chi connectivity index (χ2v) is 8.39. The molecule has 0 spiro atoms. The number of aromatic nitrogens is 2. The number of nitrogens with two attached hydrogens (primary N) is 1. The fourth-order valence-electron chi connectivity index (χ4n) is 3.19. The maximum Gasteiger partial charge on any atom is 0.231 e. The van der Waals surface area contributed by atoms with Gasteiger partial charge in [-0.1, -0.05) is 23.5 Å². The van der Waals surface area contributed by atoms with Crippen molar-refractivity contribution in [1.82, 2.24) is 9.97 Å². The molecule has 0 saturated carbocycles. The molecule has 27 heavy (non-hydrogen) atoms. The third-order valence-corrected chi connectivity index (χ3v) is 6.39. The number of hydrogen-bond donors (Lipinski definition) is 2. The fourth-order valence-corrected chi connectivity index (χ4v) is 4.91. The van der Waals surface area contributed by atoms with Crippen molar-refractivity contribution in [3.8, 4) is 0 Å². The summed E-state index contributed by atoms with van der Waals surface area (Å²) in [5.41, 5.74) is 6.76. The molecular weight excluding hydrogens is 382 g/mol. The van der Waals surface area contributed by atoms with Gasteiger partial charge >= 0.3 is 0 Å². The second kappa shape index (κ2) is 7.61. The van der Waals surface area contributed by atoms with Gasteiger partial charge in [-0.05, 0) is 25.0 Å². The lowest BCUT2D eigenvalue weighted by Crippen LogP contribution is -2.40. The van der Waals surface area contributed by atoms with Gasteiger partial charge in [0.2, 0.25) is 11.8 Å². The van der Waals surface area contributed by atoms with Crippen LogP contribution < -0.4 is 16.0 Å². The van der Waals surface area contributed by atoms with Crippen molar-refractivity contribution in [2.24, 2.45) is 11.7 Å². The van der Waals surface area contributed by atoms with Crippen LogP contribution in [0.5, 0.6) is 0 Å². The predicted octanol–water partition coefficient (Wildman–Crippen LogP) is 2.64. The molecule has 1 unspecified atom stereocenters. The van der Waals surface area contributed by atoms with Crippen LogP contribution in [0.3, 0.4) is 0 Å². The van der Waals surface area contributed by atoms with Gasteiger partial charge in [-0.2, -0.15) is 0 Å². The zero-order chi connectivity index (χ0) is 18.8. The number of nitrogens with one attached hydrogen (secondary N) is 1. The first-order valence-corrected chi connectivity index (χ1v) is 10.4. The monoisotopic (exact) mass is 401 g/mol. The molecule has 2 amide bonds. The summed E-state index contributed by atoms with van der Waals surface area (Å²) in [7, 11) is 0. The highest BCUT2D eigenvalue weighted by Gasteiger charge is 2.28. The Hall–Kier alpha value is -2.52. The average molecular weight is 402 g/mol. The normalized spacial score (nSPS) is 17.2. The van der Waals surface area contributed by atoms with E-state index in [-0.39, 0.29) is 18.2 Å². The highest BCUT2D eigenvalue weighted by Crippen LogP contribution is 2.31. The van der Waals surface area contributed by atoms with Crippen LogP contribution in [0.2, 0.25) is 0 Å². The summed E-state index contributed by atoms with van der Waals surface area (Å²) in [6, 6.07) is 8.07. The molecule has 1 atom stereocenters. The van der Waals surface area contributed by atoms with E-state index in [1.165, 1.54) is 11.3 Å². The SMILES string of the molecule is NC(=O)Cc1csc(NC(=O)C2CCCN(c3nc4ccccc4s3)C2)n1. The molecule has 1 aromatic carbocycles. The number of rotatable bonds is 5. The van der Waals surface area contributed by atoms with E-state index in [9.17, 15) is 9.59 Å². The molecular formula is C18H19N5O2S2. The smallest absolute Gasteiger partial charge is 0.231 e. The van der Waals surface area contributed by atoms with Gasteiger partial charge in [0, 0.05) is 18.5 Å². The molecule has 1 fully saturated rings. The molecule has 3 aromatic rings. The topological polar surface area (TPSA) is 101 Å². The Morgan fingerprint density at radius 3 is 2.96 bits per heavy atom. The number of carbonyl (C=O) groups is 2. The summed E-state index contributed by atoms with van der Waals surface area (Å²) in [6.07, 6.45) is 1.87. The van der Waals surface area contributed by atoms with Gasteiger partial charge in [0.1, 0.15) is 0 Å². The van der Waals surface area contributed by atoms with E-state index in [2.05, 4.69) is 21.3 Å². The minimum Gasteiger partial charge on any atom is -0.369 e. The van der Waals surface area contributed by atoms with Gasteiger partial charge in [0.05, 0.1) is 28.2 Å². The minimum atomic E-state index is -0.433. The van der Waals surface area contributed by atoms with Gasteiger partial charge in [-0.25, -0.2) is 9.97 Å². The number of piperidine rings is 1. The molecule has 0 aliphatic carbocycles. The number of fused-ring (bicyclic) bond motifs is 1. The van der Waals surface area contributed by atoms with Crippen molar-refractivity contribution in [3.63, 3.8) is 0 Å². The lowest BCUT2D eigenvalue weighted by Gasteiger charge is -2.31. The van der Waals surface area contributed by atoms with Crippen molar-refractivity contribution < 1.29 is 9.59 Å². The number of para-hydroxylation sites is 1. The second-order valence-electron chi connectivity index (χ2n) is 6.53. The number of amides is 2. The number of hydrogen-bond acceptors (Lipinski definition) is 7. The van der Waals surface area contributed by atoms with Gasteiger partial charge in [0.15, 0.2) is 10.3 Å². The molecule has 9 heteroatoms. The Bertz CT molecular complexity index is 950. The lowest BCUT2D eigenvalue weighted by atomic mass is 9.97. The van der Waals surface area contributed by atoms with E-state index in [0.29, 0.717) is 17.4 Å². The number of primary amides is 1. The van der Waals surface area contributed by atoms with Crippen LogP contribution >= 0.6 is 22.7 Å². The molecule has 0 radical (unpaired) electrons. The van der Waals surface area contributed by atoms with E-state index in [1.807, 2.05) is 18.2 Å². The van der Waals surface area contributed by atoms with Crippen LogP contribution in [0.25, 0.3) is 10.2 Å². The highest BCUT2D eigenvalue weighted by molar-refractivity contribution is 7.22. The summed E-state index contributed by atoms with van der Waals surface area (Å²) < 4.78 is 1.16. The third kappa shape index (κ3) is 4.09. The Labute approximate surface area is 164 Å². The zero-order valence-corrected chi connectivity index (χ0v) is 16.2. The van der Waals surface area contributed by atoms with Crippen LogP contribution in [0.1, 0.15) is 18.5 Å². The van der Waals surface area contributed by atoms with Crippen LogP contribution in [-0.4, -0.2) is 34.9 Å². The molecule has 1 aliphatic heterocycles. The molecule has 4 rings (SSSR count). The zero-order valence-electron chi connectivity index (χ0n) is 14.6. The maximum atomic E-state index is 12.7. The Balaban J connectivity index is 1.42. The molecule has 3 N–H and O–H groups in total. The summed E-state index contributed by atoms with van der Waals surface area (Å²) in [5.74, 6) is -0.591.